The number of hydrogen-bond acceptors (Lipinski definition) is 0. The summed E-state index contributed by atoms with van der Waals surface area (Å²) in [5.74, 6) is 0. The van der Waals surface area contributed by atoms with Crippen molar-refractivity contribution in [1.82, 2.24) is 0 Å². The summed E-state index contributed by atoms with van der Waals surface area (Å²) in [6.07, 6.45) is 0. The Morgan fingerprint density at radius 2 is 1.50 bits per heavy atom. The standard InChI is InChI=1S/C2H6As.Ta/c1-3-2;/h1-2H3;/q-1;+1. The van der Waals surface area contributed by atoms with E-state index in [0.29, 0.717) is 0 Å². The third kappa shape index (κ3) is 10.3. The summed E-state index contributed by atoms with van der Waals surface area (Å²) in [5, 5.41) is 0. The molecule has 0 heterocycles. The molecule has 0 atom stereocenters. The minimum absolute atomic E-state index is 0.0764. The fourth-order valence-electron chi connectivity index (χ4n) is 0. The summed E-state index contributed by atoms with van der Waals surface area (Å²) in [5.41, 5.74) is 4.72. The summed E-state index contributed by atoms with van der Waals surface area (Å²) >= 11 is 1.58. The van der Waals surface area contributed by atoms with E-state index in [1.807, 2.05) is 0 Å². The molecule has 0 aromatic heterocycles. The van der Waals surface area contributed by atoms with Crippen LogP contribution in [0.15, 0.2) is 0 Å². The summed E-state index contributed by atoms with van der Waals surface area (Å²) in [6.45, 7) is 0. The second kappa shape index (κ2) is 2.53. The van der Waals surface area contributed by atoms with E-state index in [4.69, 9.17) is 0 Å². The molecule has 0 saturated carbocycles. The Bertz CT molecular complexity index is 10.8. The van der Waals surface area contributed by atoms with Crippen molar-refractivity contribution in [3.8, 4) is 0 Å². The Hall–Kier alpha value is 1.30. The van der Waals surface area contributed by atoms with Gasteiger partial charge in [0.25, 0.3) is 0 Å². The van der Waals surface area contributed by atoms with Crippen LogP contribution in [0.25, 0.3) is 0 Å². The monoisotopic (exact) mass is 286 g/mol. The average molecular weight is 286 g/mol. The van der Waals surface area contributed by atoms with Gasteiger partial charge in [0, 0.05) is 0 Å². The van der Waals surface area contributed by atoms with E-state index in [2.05, 4.69) is 11.4 Å². The maximum atomic E-state index is 2.36. The van der Waals surface area contributed by atoms with Crippen molar-refractivity contribution < 1.29 is 18.7 Å². The summed E-state index contributed by atoms with van der Waals surface area (Å²) in [6, 6.07) is 0. The molecule has 0 aliphatic rings. The molecule has 4 heavy (non-hydrogen) atoms. The second-order valence-corrected chi connectivity index (χ2v) is 19.3. The van der Waals surface area contributed by atoms with E-state index >= 15 is 0 Å². The number of rotatable bonds is 0. The van der Waals surface area contributed by atoms with Crippen molar-refractivity contribution in [2.45, 2.75) is 11.4 Å². The van der Waals surface area contributed by atoms with E-state index < -0.39 is 0 Å². The third-order valence-electron chi connectivity index (χ3n) is 0. The number of hydrogen-bond donors (Lipinski definition) is 0. The predicted molar refractivity (Wildman–Crippen MR) is 17.5 cm³/mol. The fourth-order valence-corrected chi connectivity index (χ4v) is 0. The SMILES string of the molecule is C[As](C)[Ta]. The average Bonchev–Trinajstić information content (AvgIpc) is 0.811. The second-order valence-electron chi connectivity index (χ2n) is 0.847. The Balaban J connectivity index is 2.32. The Morgan fingerprint density at radius 3 is 1.50 bits per heavy atom. The molecule has 0 aliphatic heterocycles. The summed E-state index contributed by atoms with van der Waals surface area (Å²) in [7, 11) is 0. The van der Waals surface area contributed by atoms with Crippen LogP contribution in [-0.2, 0) is 18.7 Å². The molecule has 0 saturated heterocycles. The Kier molecular flexibility index (Phi) is 3.35. The van der Waals surface area contributed by atoms with Gasteiger partial charge >= 0.3 is 41.8 Å². The first-order valence-electron chi connectivity index (χ1n) is 1.09. The van der Waals surface area contributed by atoms with Gasteiger partial charge in [-0.05, 0) is 0 Å². The first kappa shape index (κ1) is 5.30. The molecular weight excluding hydrogens is 280 g/mol. The normalized spacial score (nSPS) is 8.75. The van der Waals surface area contributed by atoms with Crippen LogP contribution in [0.1, 0.15) is 0 Å². The van der Waals surface area contributed by atoms with E-state index in [0.717, 1.165) is 0 Å². The molecule has 0 aromatic carbocycles. The zero-order chi connectivity index (χ0) is 3.58. The van der Waals surface area contributed by atoms with Gasteiger partial charge in [0.05, 0.1) is 0 Å². The van der Waals surface area contributed by atoms with Gasteiger partial charge in [-0.3, -0.25) is 0 Å². The van der Waals surface area contributed by atoms with Crippen LogP contribution in [-0.4, -0.2) is 11.6 Å². The van der Waals surface area contributed by atoms with Crippen LogP contribution in [0.4, 0.5) is 0 Å². The van der Waals surface area contributed by atoms with Crippen molar-refractivity contribution >= 4 is 11.6 Å². The van der Waals surface area contributed by atoms with Gasteiger partial charge < -0.3 is 0 Å². The molecule has 0 N–H and O–H groups in total. The van der Waals surface area contributed by atoms with Crippen molar-refractivity contribution in [3.05, 3.63) is 0 Å². The molecule has 0 bridgehead atoms. The molecular formula is C2H6AsTa. The molecule has 0 aromatic rings. The first-order chi connectivity index (χ1) is 1.73. The van der Waals surface area contributed by atoms with Crippen LogP contribution in [0, 0.1) is 0 Å². The first-order valence-corrected chi connectivity index (χ1v) is 13.2. The molecule has 0 unspecified atom stereocenters. The van der Waals surface area contributed by atoms with E-state index in [-0.39, 0.29) is 11.6 Å². The van der Waals surface area contributed by atoms with E-state index in [1.165, 1.54) is 0 Å². The molecule has 0 radical (unpaired) electrons. The Morgan fingerprint density at radius 1 is 1.50 bits per heavy atom. The molecule has 24 valence electrons. The van der Waals surface area contributed by atoms with Crippen molar-refractivity contribution in [2.24, 2.45) is 0 Å². The van der Waals surface area contributed by atoms with Crippen LogP contribution in [0.3, 0.4) is 0 Å². The van der Waals surface area contributed by atoms with Gasteiger partial charge in [0.2, 0.25) is 0 Å². The molecule has 0 aliphatic carbocycles. The van der Waals surface area contributed by atoms with Gasteiger partial charge in [-0.2, -0.15) is 0 Å². The van der Waals surface area contributed by atoms with Gasteiger partial charge in [-0.25, -0.2) is 0 Å². The van der Waals surface area contributed by atoms with Crippen LogP contribution >= 0.6 is 0 Å². The maximum absolute atomic E-state index is 2.36. The van der Waals surface area contributed by atoms with E-state index in [1.54, 1.807) is 18.7 Å². The topological polar surface area (TPSA) is 0 Å². The van der Waals surface area contributed by atoms with Gasteiger partial charge in [-0.15, -0.1) is 0 Å². The molecule has 0 spiro atoms. The predicted octanol–water partition coefficient (Wildman–Crippen LogP) is 0.784. The zero-order valence-electron chi connectivity index (χ0n) is 2.89. The van der Waals surface area contributed by atoms with Crippen LogP contribution in [0.5, 0.6) is 0 Å². The minimum atomic E-state index is -0.0764. The van der Waals surface area contributed by atoms with Gasteiger partial charge in [0.1, 0.15) is 0 Å². The van der Waals surface area contributed by atoms with Gasteiger partial charge in [-0.1, -0.05) is 0 Å². The van der Waals surface area contributed by atoms with E-state index in [9.17, 15) is 0 Å². The quantitative estimate of drug-likeness (QED) is 0.577. The summed E-state index contributed by atoms with van der Waals surface area (Å²) < 4.78 is 0. The van der Waals surface area contributed by atoms with Crippen molar-refractivity contribution in [1.29, 1.82) is 0 Å². The molecule has 0 amide bonds. The molecule has 0 fully saturated rings. The molecule has 2 heteroatoms. The fraction of sp³-hybridized carbons (Fsp3) is 1.00. The molecule has 0 nitrogen and oxygen atoms in total. The van der Waals surface area contributed by atoms with Crippen molar-refractivity contribution in [3.63, 3.8) is 0 Å². The summed E-state index contributed by atoms with van der Waals surface area (Å²) in [4.78, 5) is 0. The zero-order valence-corrected chi connectivity index (χ0v) is 7.98. The third-order valence-corrected chi connectivity index (χ3v) is 0. The van der Waals surface area contributed by atoms with Gasteiger partial charge in [0.15, 0.2) is 0 Å². The Labute approximate surface area is 41.8 Å². The van der Waals surface area contributed by atoms with Crippen LogP contribution in [0.2, 0.25) is 11.4 Å². The molecule has 0 rings (SSSR count). The van der Waals surface area contributed by atoms with Crippen LogP contribution < -0.4 is 0 Å². The van der Waals surface area contributed by atoms with Crippen molar-refractivity contribution in [2.75, 3.05) is 0 Å².